The minimum absolute atomic E-state index is 0.0275. The van der Waals surface area contributed by atoms with Crippen LogP contribution in [0.15, 0.2) is 24.3 Å². The molecule has 4 heteroatoms. The predicted molar refractivity (Wildman–Crippen MR) is 74.2 cm³/mol. The highest BCUT2D eigenvalue weighted by molar-refractivity contribution is 5.97. The van der Waals surface area contributed by atoms with Gasteiger partial charge < -0.3 is 10.6 Å². The van der Waals surface area contributed by atoms with Gasteiger partial charge in [0.1, 0.15) is 0 Å². The van der Waals surface area contributed by atoms with Crippen molar-refractivity contribution in [1.29, 1.82) is 0 Å². The summed E-state index contributed by atoms with van der Waals surface area (Å²) in [6.07, 6.45) is 1.51. The highest BCUT2D eigenvalue weighted by atomic mass is 16.2. The zero-order chi connectivity index (χ0) is 13.7. The van der Waals surface area contributed by atoms with Gasteiger partial charge in [0.2, 0.25) is 5.91 Å². The summed E-state index contributed by atoms with van der Waals surface area (Å²) < 4.78 is 0. The van der Waals surface area contributed by atoms with Gasteiger partial charge in [-0.1, -0.05) is 29.8 Å². The molecule has 1 aliphatic rings. The van der Waals surface area contributed by atoms with Crippen molar-refractivity contribution in [2.24, 2.45) is 0 Å². The summed E-state index contributed by atoms with van der Waals surface area (Å²) in [4.78, 5) is 23.6. The van der Waals surface area contributed by atoms with Gasteiger partial charge in [0.25, 0.3) is 0 Å². The van der Waals surface area contributed by atoms with Crippen LogP contribution in [0.4, 0.5) is 0 Å². The molecule has 102 valence electrons. The molecule has 0 bridgehead atoms. The van der Waals surface area contributed by atoms with Crippen LogP contribution in [-0.4, -0.2) is 30.8 Å². The van der Waals surface area contributed by atoms with Crippen molar-refractivity contribution in [2.75, 3.05) is 13.1 Å². The number of aryl methyl sites for hydroxylation is 1. The molecule has 4 nitrogen and oxygen atoms in total. The van der Waals surface area contributed by atoms with Gasteiger partial charge in [-0.3, -0.25) is 9.59 Å². The molecule has 0 saturated carbocycles. The molecular weight excluding hydrogens is 240 g/mol. The van der Waals surface area contributed by atoms with Crippen molar-refractivity contribution in [3.8, 4) is 0 Å². The second kappa shape index (κ2) is 6.48. The minimum Gasteiger partial charge on any atom is -0.352 e. The van der Waals surface area contributed by atoms with Crippen LogP contribution in [0.2, 0.25) is 0 Å². The molecule has 1 atom stereocenters. The van der Waals surface area contributed by atoms with Crippen molar-refractivity contribution >= 4 is 11.7 Å². The molecular formula is C15H20N2O2. The van der Waals surface area contributed by atoms with Gasteiger partial charge in [0.05, 0.1) is 0 Å². The number of hydrogen-bond donors (Lipinski definition) is 2. The first-order chi connectivity index (χ1) is 9.15. The SMILES string of the molecule is Cc1ccc(C(=O)CCC(=O)NC2CCNC2)cc1. The predicted octanol–water partition coefficient (Wildman–Crippen LogP) is 1.44. The van der Waals surface area contributed by atoms with Crippen molar-refractivity contribution in [1.82, 2.24) is 10.6 Å². The van der Waals surface area contributed by atoms with Crippen LogP contribution < -0.4 is 10.6 Å². The van der Waals surface area contributed by atoms with E-state index in [4.69, 9.17) is 0 Å². The lowest BCUT2D eigenvalue weighted by Crippen LogP contribution is -2.36. The third-order valence-corrected chi connectivity index (χ3v) is 3.38. The Kier molecular flexibility index (Phi) is 4.68. The first kappa shape index (κ1) is 13.7. The summed E-state index contributed by atoms with van der Waals surface area (Å²) in [5, 5.41) is 6.13. The van der Waals surface area contributed by atoms with Crippen molar-refractivity contribution in [3.63, 3.8) is 0 Å². The maximum Gasteiger partial charge on any atom is 0.220 e. The maximum absolute atomic E-state index is 11.9. The molecule has 1 heterocycles. The third-order valence-electron chi connectivity index (χ3n) is 3.38. The van der Waals surface area contributed by atoms with E-state index in [-0.39, 0.29) is 30.6 Å². The smallest absolute Gasteiger partial charge is 0.220 e. The Morgan fingerprint density at radius 3 is 2.63 bits per heavy atom. The standard InChI is InChI=1S/C15H20N2O2/c1-11-2-4-12(5-3-11)14(18)6-7-15(19)17-13-8-9-16-10-13/h2-5,13,16H,6-10H2,1H3,(H,17,19). The molecule has 2 N–H and O–H groups in total. The van der Waals surface area contributed by atoms with E-state index >= 15 is 0 Å². The van der Waals surface area contributed by atoms with Gasteiger partial charge >= 0.3 is 0 Å². The van der Waals surface area contributed by atoms with Crippen molar-refractivity contribution in [2.45, 2.75) is 32.2 Å². The zero-order valence-corrected chi connectivity index (χ0v) is 11.2. The van der Waals surface area contributed by atoms with Gasteiger partial charge in [0.15, 0.2) is 5.78 Å². The van der Waals surface area contributed by atoms with E-state index in [1.54, 1.807) is 0 Å². The first-order valence-corrected chi connectivity index (χ1v) is 6.75. The van der Waals surface area contributed by atoms with Gasteiger partial charge in [-0.2, -0.15) is 0 Å². The number of Topliss-reactive ketones (excluding diaryl/α,β-unsaturated/α-hetero) is 1. The molecule has 1 fully saturated rings. The summed E-state index contributed by atoms with van der Waals surface area (Å²) in [6.45, 7) is 3.77. The molecule has 0 radical (unpaired) electrons. The second-order valence-electron chi connectivity index (χ2n) is 5.05. The summed E-state index contributed by atoms with van der Waals surface area (Å²) in [5.41, 5.74) is 1.81. The third kappa shape index (κ3) is 4.17. The Labute approximate surface area is 113 Å². The van der Waals surface area contributed by atoms with Crippen LogP contribution in [0.25, 0.3) is 0 Å². The lowest BCUT2D eigenvalue weighted by molar-refractivity contribution is -0.121. The molecule has 1 aliphatic heterocycles. The van der Waals surface area contributed by atoms with Crippen LogP contribution in [-0.2, 0) is 4.79 Å². The number of carbonyl (C=O) groups is 2. The highest BCUT2D eigenvalue weighted by Gasteiger charge is 2.17. The average molecular weight is 260 g/mol. The highest BCUT2D eigenvalue weighted by Crippen LogP contribution is 2.08. The van der Waals surface area contributed by atoms with Crippen molar-refractivity contribution in [3.05, 3.63) is 35.4 Å². The first-order valence-electron chi connectivity index (χ1n) is 6.75. The van der Waals surface area contributed by atoms with Gasteiger partial charge in [-0.25, -0.2) is 0 Å². The number of rotatable bonds is 5. The molecule has 2 rings (SSSR count). The zero-order valence-electron chi connectivity index (χ0n) is 11.2. The number of hydrogen-bond acceptors (Lipinski definition) is 3. The van der Waals surface area contributed by atoms with Crippen LogP contribution in [0.3, 0.4) is 0 Å². The van der Waals surface area contributed by atoms with Crippen LogP contribution in [0, 0.1) is 6.92 Å². The fraction of sp³-hybridized carbons (Fsp3) is 0.467. The van der Waals surface area contributed by atoms with Crippen LogP contribution >= 0.6 is 0 Å². The van der Waals surface area contributed by atoms with Crippen LogP contribution in [0.5, 0.6) is 0 Å². The number of ketones is 1. The van der Waals surface area contributed by atoms with E-state index in [1.807, 2.05) is 31.2 Å². The Bertz CT molecular complexity index is 448. The minimum atomic E-state index is -0.0332. The Hall–Kier alpha value is -1.68. The van der Waals surface area contributed by atoms with E-state index in [1.165, 1.54) is 0 Å². The quantitative estimate of drug-likeness (QED) is 0.788. The summed E-state index contributed by atoms with van der Waals surface area (Å²) in [6, 6.07) is 7.68. The molecule has 1 aromatic carbocycles. The summed E-state index contributed by atoms with van der Waals surface area (Å²) in [5.74, 6) is -0.00569. The van der Waals surface area contributed by atoms with Gasteiger partial charge in [-0.15, -0.1) is 0 Å². The van der Waals surface area contributed by atoms with E-state index in [0.29, 0.717) is 5.56 Å². The number of carbonyl (C=O) groups excluding carboxylic acids is 2. The van der Waals surface area contributed by atoms with Gasteiger partial charge in [0, 0.05) is 31.0 Å². The molecule has 0 spiro atoms. The van der Waals surface area contributed by atoms with E-state index in [9.17, 15) is 9.59 Å². The lowest BCUT2D eigenvalue weighted by atomic mass is 10.0. The van der Waals surface area contributed by atoms with E-state index in [0.717, 1.165) is 25.1 Å². The molecule has 1 aromatic rings. The van der Waals surface area contributed by atoms with E-state index < -0.39 is 0 Å². The Morgan fingerprint density at radius 1 is 1.26 bits per heavy atom. The fourth-order valence-electron chi connectivity index (χ4n) is 2.19. The molecule has 1 unspecified atom stereocenters. The van der Waals surface area contributed by atoms with Gasteiger partial charge in [-0.05, 0) is 19.9 Å². The molecule has 19 heavy (non-hydrogen) atoms. The Morgan fingerprint density at radius 2 is 2.00 bits per heavy atom. The van der Waals surface area contributed by atoms with E-state index in [2.05, 4.69) is 10.6 Å². The molecule has 1 amide bonds. The second-order valence-corrected chi connectivity index (χ2v) is 5.05. The lowest BCUT2D eigenvalue weighted by Gasteiger charge is -2.10. The molecule has 0 aromatic heterocycles. The monoisotopic (exact) mass is 260 g/mol. The summed E-state index contributed by atoms with van der Waals surface area (Å²) >= 11 is 0. The fourth-order valence-corrected chi connectivity index (χ4v) is 2.19. The largest absolute Gasteiger partial charge is 0.352 e. The number of amides is 1. The molecule has 0 aliphatic carbocycles. The maximum atomic E-state index is 11.9. The Balaban J connectivity index is 1.76. The topological polar surface area (TPSA) is 58.2 Å². The van der Waals surface area contributed by atoms with Crippen molar-refractivity contribution < 1.29 is 9.59 Å². The molecule has 1 saturated heterocycles. The summed E-state index contributed by atoms with van der Waals surface area (Å²) in [7, 11) is 0. The number of benzene rings is 1. The average Bonchev–Trinajstić information content (AvgIpc) is 2.89. The normalized spacial score (nSPS) is 18.3. The number of nitrogens with one attached hydrogen (secondary N) is 2. The van der Waals surface area contributed by atoms with Crippen LogP contribution in [0.1, 0.15) is 35.2 Å².